The van der Waals surface area contributed by atoms with Crippen LogP contribution in [0.15, 0.2) is 78.0 Å². The molecule has 4 heterocycles. The molecule has 0 radical (unpaired) electrons. The van der Waals surface area contributed by atoms with Crippen LogP contribution in [-0.4, -0.2) is 29.3 Å². The Hall–Kier alpha value is -4.54. The van der Waals surface area contributed by atoms with Crippen molar-refractivity contribution in [2.45, 2.75) is 12.7 Å². The van der Waals surface area contributed by atoms with Gasteiger partial charge in [0.15, 0.2) is 5.65 Å². The number of rotatable bonds is 4. The van der Waals surface area contributed by atoms with Crippen LogP contribution in [-0.2, 0) is 12.7 Å². The lowest BCUT2D eigenvalue weighted by Gasteiger charge is -2.08. The van der Waals surface area contributed by atoms with Gasteiger partial charge in [-0.1, -0.05) is 0 Å². The summed E-state index contributed by atoms with van der Waals surface area (Å²) in [6, 6.07) is 13.0. The standard InChI is InChI=1S/C23H16F3N7O/c24-23(25,26)15-3-5-17(6-4-15)33-21-18(2-1-9-28-21)20(31-33)14-8-11-32(19(34)12-14)13-16-7-10-29-22(27)30-16/h1-12H,13H2,(H2,27,29,30). The third-order valence-electron chi connectivity index (χ3n) is 5.22. The first-order valence-electron chi connectivity index (χ1n) is 10.1. The van der Waals surface area contributed by atoms with Crippen LogP contribution in [0.2, 0.25) is 0 Å². The van der Waals surface area contributed by atoms with E-state index in [-0.39, 0.29) is 18.1 Å². The van der Waals surface area contributed by atoms with Crippen molar-refractivity contribution in [3.8, 4) is 16.9 Å². The first-order valence-corrected chi connectivity index (χ1v) is 10.1. The summed E-state index contributed by atoms with van der Waals surface area (Å²) < 4.78 is 41.8. The van der Waals surface area contributed by atoms with E-state index < -0.39 is 11.7 Å². The van der Waals surface area contributed by atoms with Gasteiger partial charge in [0.05, 0.1) is 23.5 Å². The van der Waals surface area contributed by atoms with E-state index in [2.05, 4.69) is 20.1 Å². The highest BCUT2D eigenvalue weighted by atomic mass is 19.4. The number of pyridine rings is 2. The molecule has 34 heavy (non-hydrogen) atoms. The lowest BCUT2D eigenvalue weighted by atomic mass is 10.1. The number of anilines is 1. The van der Waals surface area contributed by atoms with E-state index in [1.54, 1.807) is 36.7 Å². The van der Waals surface area contributed by atoms with Gasteiger partial charge in [0.1, 0.15) is 5.69 Å². The van der Waals surface area contributed by atoms with Crippen molar-refractivity contribution < 1.29 is 13.2 Å². The fourth-order valence-electron chi connectivity index (χ4n) is 3.60. The van der Waals surface area contributed by atoms with E-state index in [0.717, 1.165) is 12.1 Å². The van der Waals surface area contributed by atoms with Crippen LogP contribution in [0.1, 0.15) is 11.3 Å². The topological polar surface area (TPSA) is 105 Å². The predicted molar refractivity (Wildman–Crippen MR) is 119 cm³/mol. The number of hydrogen-bond acceptors (Lipinski definition) is 6. The van der Waals surface area contributed by atoms with Crippen LogP contribution in [0.5, 0.6) is 0 Å². The van der Waals surface area contributed by atoms with E-state index in [1.807, 2.05) is 0 Å². The summed E-state index contributed by atoms with van der Waals surface area (Å²) in [5.41, 5.74) is 7.06. The molecule has 0 spiro atoms. The second-order valence-corrected chi connectivity index (χ2v) is 7.47. The first kappa shape index (κ1) is 21.3. The zero-order valence-electron chi connectivity index (χ0n) is 17.4. The normalized spacial score (nSPS) is 11.7. The van der Waals surface area contributed by atoms with Gasteiger partial charge < -0.3 is 10.3 Å². The highest BCUT2D eigenvalue weighted by Crippen LogP contribution is 2.31. The molecule has 0 bridgehead atoms. The van der Waals surface area contributed by atoms with Gasteiger partial charge in [0.25, 0.3) is 5.56 Å². The smallest absolute Gasteiger partial charge is 0.368 e. The average Bonchev–Trinajstić information content (AvgIpc) is 3.20. The van der Waals surface area contributed by atoms with Gasteiger partial charge in [0.2, 0.25) is 5.95 Å². The fraction of sp³-hybridized carbons (Fsp3) is 0.0870. The number of nitrogen functional groups attached to an aromatic ring is 1. The van der Waals surface area contributed by atoms with E-state index in [4.69, 9.17) is 5.73 Å². The molecule has 0 aliphatic rings. The second-order valence-electron chi connectivity index (χ2n) is 7.47. The Morgan fingerprint density at radius 1 is 0.971 bits per heavy atom. The molecule has 170 valence electrons. The molecule has 8 nitrogen and oxygen atoms in total. The predicted octanol–water partition coefficient (Wildman–Crippen LogP) is 3.69. The van der Waals surface area contributed by atoms with Gasteiger partial charge in [-0.25, -0.2) is 19.6 Å². The maximum Gasteiger partial charge on any atom is 0.416 e. The van der Waals surface area contributed by atoms with Gasteiger partial charge in [0, 0.05) is 35.6 Å². The molecule has 11 heteroatoms. The Morgan fingerprint density at radius 3 is 2.47 bits per heavy atom. The first-order chi connectivity index (χ1) is 16.3. The van der Waals surface area contributed by atoms with Gasteiger partial charge in [-0.2, -0.15) is 18.3 Å². The average molecular weight is 463 g/mol. The number of halogens is 3. The van der Waals surface area contributed by atoms with Gasteiger partial charge in [-0.3, -0.25) is 4.79 Å². The van der Waals surface area contributed by atoms with Crippen molar-refractivity contribution in [1.82, 2.24) is 29.3 Å². The minimum Gasteiger partial charge on any atom is -0.368 e. The van der Waals surface area contributed by atoms with E-state index in [1.165, 1.54) is 33.6 Å². The largest absolute Gasteiger partial charge is 0.416 e. The molecule has 0 aliphatic carbocycles. The molecule has 5 rings (SSSR count). The van der Waals surface area contributed by atoms with Crippen LogP contribution < -0.4 is 11.3 Å². The fourth-order valence-corrected chi connectivity index (χ4v) is 3.60. The lowest BCUT2D eigenvalue weighted by molar-refractivity contribution is -0.137. The third-order valence-corrected chi connectivity index (χ3v) is 5.22. The van der Waals surface area contributed by atoms with Crippen molar-refractivity contribution in [1.29, 1.82) is 0 Å². The number of benzene rings is 1. The molecule has 1 aromatic carbocycles. The van der Waals surface area contributed by atoms with Crippen molar-refractivity contribution in [3.05, 3.63) is 94.8 Å². The van der Waals surface area contributed by atoms with Crippen LogP contribution in [0.4, 0.5) is 19.1 Å². The van der Waals surface area contributed by atoms with E-state index >= 15 is 0 Å². The number of alkyl halides is 3. The van der Waals surface area contributed by atoms with Crippen LogP contribution in [0, 0.1) is 0 Å². The molecule has 0 saturated heterocycles. The molecule has 0 unspecified atom stereocenters. The highest BCUT2D eigenvalue weighted by molar-refractivity contribution is 5.91. The van der Waals surface area contributed by atoms with Gasteiger partial charge >= 0.3 is 6.18 Å². The highest BCUT2D eigenvalue weighted by Gasteiger charge is 2.30. The zero-order chi connectivity index (χ0) is 23.9. The maximum absolute atomic E-state index is 12.9. The zero-order valence-corrected chi connectivity index (χ0v) is 17.4. The minimum absolute atomic E-state index is 0.120. The van der Waals surface area contributed by atoms with Crippen LogP contribution in [0.3, 0.4) is 0 Å². The SMILES string of the molecule is Nc1nccc(Cn2ccc(-c3nn(-c4ccc(C(F)(F)F)cc4)c4ncccc34)cc2=O)n1. The molecule has 2 N–H and O–H groups in total. The summed E-state index contributed by atoms with van der Waals surface area (Å²) in [5.74, 6) is 0.120. The minimum atomic E-state index is -4.43. The van der Waals surface area contributed by atoms with E-state index in [0.29, 0.717) is 33.7 Å². The molecular formula is C23H16F3N7O. The lowest BCUT2D eigenvalue weighted by Crippen LogP contribution is -2.20. The van der Waals surface area contributed by atoms with Gasteiger partial charge in [-0.15, -0.1) is 0 Å². The summed E-state index contributed by atoms with van der Waals surface area (Å²) >= 11 is 0. The summed E-state index contributed by atoms with van der Waals surface area (Å²) in [6.07, 6.45) is 0.273. The van der Waals surface area contributed by atoms with E-state index in [9.17, 15) is 18.0 Å². The summed E-state index contributed by atoms with van der Waals surface area (Å²) in [6.45, 7) is 0.216. The monoisotopic (exact) mass is 463 g/mol. The molecule has 5 aromatic rings. The Labute approximate surface area is 190 Å². The van der Waals surface area contributed by atoms with Crippen LogP contribution >= 0.6 is 0 Å². The van der Waals surface area contributed by atoms with Crippen molar-refractivity contribution >= 4 is 17.0 Å². The molecule has 0 saturated carbocycles. The summed E-state index contributed by atoms with van der Waals surface area (Å²) in [5, 5.41) is 5.23. The maximum atomic E-state index is 12.9. The summed E-state index contributed by atoms with van der Waals surface area (Å²) in [7, 11) is 0. The van der Waals surface area contributed by atoms with Crippen LogP contribution in [0.25, 0.3) is 28.0 Å². The van der Waals surface area contributed by atoms with Crippen molar-refractivity contribution in [2.24, 2.45) is 0 Å². The Balaban J connectivity index is 1.55. The molecule has 4 aromatic heterocycles. The van der Waals surface area contributed by atoms with Gasteiger partial charge in [-0.05, 0) is 48.5 Å². The quantitative estimate of drug-likeness (QED) is 0.436. The third kappa shape index (κ3) is 3.98. The molecular weight excluding hydrogens is 447 g/mol. The number of hydrogen-bond donors (Lipinski definition) is 1. The number of nitrogens with zero attached hydrogens (tertiary/aromatic N) is 6. The molecule has 0 aliphatic heterocycles. The Bertz CT molecular complexity index is 1560. The molecule has 0 fully saturated rings. The number of nitrogens with two attached hydrogens (primary N) is 1. The summed E-state index contributed by atoms with van der Waals surface area (Å²) in [4.78, 5) is 25.1. The molecule has 0 atom stereocenters. The van der Waals surface area contributed by atoms with Crippen molar-refractivity contribution in [2.75, 3.05) is 5.73 Å². The second kappa shape index (κ2) is 8.10. The Morgan fingerprint density at radius 2 is 1.76 bits per heavy atom. The van der Waals surface area contributed by atoms with Crippen molar-refractivity contribution in [3.63, 3.8) is 0 Å². The number of aromatic nitrogens is 6. The Kier molecular flexibility index (Phi) is 5.08. The molecule has 0 amide bonds. The number of fused-ring (bicyclic) bond motifs is 1.